The average molecular weight is 204 g/mol. The minimum absolute atomic E-state index is 0.275. The summed E-state index contributed by atoms with van der Waals surface area (Å²) in [6, 6.07) is -0.914. The van der Waals surface area contributed by atoms with E-state index in [9.17, 15) is 4.79 Å². The Balaban J connectivity index is 2.40. The summed E-state index contributed by atoms with van der Waals surface area (Å²) in [6.45, 7) is 0.105. The third-order valence-corrected chi connectivity index (χ3v) is 2.25. The molecule has 0 aromatic heterocycles. The molecule has 6 nitrogen and oxygen atoms in total. The van der Waals surface area contributed by atoms with Crippen LogP contribution in [0.4, 0.5) is 0 Å². The molecule has 14 heavy (non-hydrogen) atoms. The highest BCUT2D eigenvalue weighted by Crippen LogP contribution is 2.11. The summed E-state index contributed by atoms with van der Waals surface area (Å²) in [5.41, 5.74) is 5.63. The summed E-state index contributed by atoms with van der Waals surface area (Å²) in [6.07, 6.45) is 0. The zero-order chi connectivity index (χ0) is 10.6. The molecule has 5 N–H and O–H groups in total. The topological polar surface area (TPSA) is 105 Å². The number of nitrogens with one attached hydrogen (secondary N) is 1. The van der Waals surface area contributed by atoms with E-state index in [0.29, 0.717) is 13.2 Å². The first-order chi connectivity index (χ1) is 6.69. The molecule has 1 saturated heterocycles. The number of ether oxygens (including phenoxy) is 1. The molecule has 2 atom stereocenters. The second-order valence-corrected chi connectivity index (χ2v) is 3.38. The van der Waals surface area contributed by atoms with Crippen molar-refractivity contribution in [2.45, 2.75) is 12.1 Å². The van der Waals surface area contributed by atoms with E-state index in [4.69, 9.17) is 20.7 Å². The van der Waals surface area contributed by atoms with Gasteiger partial charge in [0.1, 0.15) is 0 Å². The largest absolute Gasteiger partial charge is 0.394 e. The number of carbonyl (C=O) groups excluding carboxylic acids is 1. The lowest BCUT2D eigenvalue weighted by Crippen LogP contribution is -2.47. The molecular weight excluding hydrogens is 188 g/mol. The van der Waals surface area contributed by atoms with Gasteiger partial charge in [0.15, 0.2) is 0 Å². The molecule has 1 aliphatic heterocycles. The van der Waals surface area contributed by atoms with Crippen molar-refractivity contribution in [3.05, 3.63) is 0 Å². The molecule has 0 radical (unpaired) electrons. The van der Waals surface area contributed by atoms with Crippen molar-refractivity contribution in [2.75, 3.05) is 26.4 Å². The standard InChI is InChI=1S/C8H16N2O4/c9-7-4-14-3-6(7)8(13)10-5(1-11)2-12/h5-7,11-12H,1-4,9H2,(H,10,13). The van der Waals surface area contributed by atoms with Crippen LogP contribution < -0.4 is 11.1 Å². The van der Waals surface area contributed by atoms with Gasteiger partial charge in [0, 0.05) is 6.04 Å². The molecule has 1 rings (SSSR count). The Labute approximate surface area is 82.0 Å². The van der Waals surface area contributed by atoms with Gasteiger partial charge < -0.3 is 26.0 Å². The van der Waals surface area contributed by atoms with Crippen molar-refractivity contribution in [2.24, 2.45) is 11.7 Å². The summed E-state index contributed by atoms with van der Waals surface area (Å²) in [4.78, 5) is 11.5. The summed E-state index contributed by atoms with van der Waals surface area (Å²) in [7, 11) is 0. The molecule has 1 amide bonds. The van der Waals surface area contributed by atoms with E-state index >= 15 is 0 Å². The zero-order valence-electron chi connectivity index (χ0n) is 7.85. The first kappa shape index (κ1) is 11.4. The van der Waals surface area contributed by atoms with E-state index in [1.54, 1.807) is 0 Å². The van der Waals surface area contributed by atoms with E-state index in [-0.39, 0.29) is 31.1 Å². The second-order valence-electron chi connectivity index (χ2n) is 3.38. The lowest BCUT2D eigenvalue weighted by atomic mass is 10.0. The zero-order valence-corrected chi connectivity index (χ0v) is 7.85. The Morgan fingerprint density at radius 3 is 2.57 bits per heavy atom. The normalized spacial score (nSPS) is 26.9. The Kier molecular flexibility index (Phi) is 4.27. The van der Waals surface area contributed by atoms with Crippen LogP contribution in [0.2, 0.25) is 0 Å². The molecule has 2 unspecified atom stereocenters. The minimum atomic E-state index is -0.615. The van der Waals surface area contributed by atoms with E-state index < -0.39 is 6.04 Å². The first-order valence-corrected chi connectivity index (χ1v) is 4.54. The number of carbonyl (C=O) groups is 1. The van der Waals surface area contributed by atoms with Crippen molar-refractivity contribution in [1.82, 2.24) is 5.32 Å². The Morgan fingerprint density at radius 1 is 1.50 bits per heavy atom. The van der Waals surface area contributed by atoms with E-state index in [1.807, 2.05) is 0 Å². The number of nitrogens with two attached hydrogens (primary N) is 1. The number of hydrogen-bond donors (Lipinski definition) is 4. The Hall–Kier alpha value is -0.690. The molecule has 0 aromatic carbocycles. The highest BCUT2D eigenvalue weighted by molar-refractivity contribution is 5.80. The van der Waals surface area contributed by atoms with Crippen molar-refractivity contribution in [3.8, 4) is 0 Å². The Bertz CT molecular complexity index is 196. The quantitative estimate of drug-likeness (QED) is 0.403. The molecule has 1 aliphatic rings. The van der Waals surface area contributed by atoms with Crippen LogP contribution in [0.1, 0.15) is 0 Å². The molecule has 0 aromatic rings. The number of amides is 1. The average Bonchev–Trinajstić information content (AvgIpc) is 2.60. The minimum Gasteiger partial charge on any atom is -0.394 e. The van der Waals surface area contributed by atoms with Gasteiger partial charge in [0.2, 0.25) is 5.91 Å². The predicted molar refractivity (Wildman–Crippen MR) is 48.4 cm³/mol. The third kappa shape index (κ3) is 2.65. The van der Waals surface area contributed by atoms with Crippen molar-refractivity contribution >= 4 is 5.91 Å². The summed E-state index contributed by atoms with van der Waals surface area (Å²) in [5.74, 6) is -0.654. The van der Waals surface area contributed by atoms with Gasteiger partial charge in [-0.3, -0.25) is 4.79 Å². The van der Waals surface area contributed by atoms with Crippen molar-refractivity contribution < 1.29 is 19.7 Å². The van der Waals surface area contributed by atoms with Crippen LogP contribution in [0.25, 0.3) is 0 Å². The molecule has 0 spiro atoms. The van der Waals surface area contributed by atoms with Gasteiger partial charge in [0.25, 0.3) is 0 Å². The van der Waals surface area contributed by atoms with Crippen LogP contribution in [0.3, 0.4) is 0 Å². The van der Waals surface area contributed by atoms with Crippen LogP contribution in [-0.2, 0) is 9.53 Å². The molecule has 0 bridgehead atoms. The maximum absolute atomic E-state index is 11.5. The lowest BCUT2D eigenvalue weighted by molar-refractivity contribution is -0.126. The molecule has 1 heterocycles. The van der Waals surface area contributed by atoms with Gasteiger partial charge >= 0.3 is 0 Å². The van der Waals surface area contributed by atoms with Crippen LogP contribution in [0, 0.1) is 5.92 Å². The molecule has 0 saturated carbocycles. The van der Waals surface area contributed by atoms with E-state index in [1.165, 1.54) is 0 Å². The molecule has 1 fully saturated rings. The molecule has 82 valence electrons. The fourth-order valence-electron chi connectivity index (χ4n) is 1.30. The lowest BCUT2D eigenvalue weighted by Gasteiger charge is -2.18. The summed E-state index contributed by atoms with van der Waals surface area (Å²) < 4.78 is 5.03. The highest BCUT2D eigenvalue weighted by atomic mass is 16.5. The van der Waals surface area contributed by atoms with Crippen molar-refractivity contribution in [3.63, 3.8) is 0 Å². The number of rotatable bonds is 4. The van der Waals surface area contributed by atoms with Crippen LogP contribution in [0.15, 0.2) is 0 Å². The van der Waals surface area contributed by atoms with Crippen molar-refractivity contribution in [1.29, 1.82) is 0 Å². The monoisotopic (exact) mass is 204 g/mol. The van der Waals surface area contributed by atoms with Gasteiger partial charge in [-0.2, -0.15) is 0 Å². The van der Waals surface area contributed by atoms with Gasteiger partial charge in [-0.1, -0.05) is 0 Å². The predicted octanol–water partition coefficient (Wildman–Crippen LogP) is -2.57. The maximum Gasteiger partial charge on any atom is 0.227 e. The fourth-order valence-corrected chi connectivity index (χ4v) is 1.30. The number of aliphatic hydroxyl groups excluding tert-OH is 2. The Morgan fingerprint density at radius 2 is 2.14 bits per heavy atom. The molecular formula is C8H16N2O4. The van der Waals surface area contributed by atoms with Crippen LogP contribution >= 0.6 is 0 Å². The highest BCUT2D eigenvalue weighted by Gasteiger charge is 2.32. The van der Waals surface area contributed by atoms with Gasteiger partial charge in [-0.05, 0) is 0 Å². The van der Waals surface area contributed by atoms with Gasteiger partial charge in [0.05, 0.1) is 38.4 Å². The third-order valence-electron chi connectivity index (χ3n) is 2.25. The van der Waals surface area contributed by atoms with E-state index in [2.05, 4.69) is 5.32 Å². The fraction of sp³-hybridized carbons (Fsp3) is 0.875. The first-order valence-electron chi connectivity index (χ1n) is 4.54. The molecule has 0 aliphatic carbocycles. The van der Waals surface area contributed by atoms with E-state index in [0.717, 1.165) is 0 Å². The van der Waals surface area contributed by atoms with Gasteiger partial charge in [-0.25, -0.2) is 0 Å². The van der Waals surface area contributed by atoms with Gasteiger partial charge in [-0.15, -0.1) is 0 Å². The SMILES string of the molecule is NC1COCC1C(=O)NC(CO)CO. The van der Waals surface area contributed by atoms with Crippen LogP contribution in [0.5, 0.6) is 0 Å². The maximum atomic E-state index is 11.5. The number of aliphatic hydroxyl groups is 2. The molecule has 6 heteroatoms. The summed E-state index contributed by atoms with van der Waals surface area (Å²) >= 11 is 0. The number of hydrogen-bond acceptors (Lipinski definition) is 5. The smallest absolute Gasteiger partial charge is 0.227 e. The second kappa shape index (κ2) is 5.26. The summed E-state index contributed by atoms with van der Waals surface area (Å²) in [5, 5.41) is 20.0. The van der Waals surface area contributed by atoms with Crippen LogP contribution in [-0.4, -0.2) is 54.6 Å².